The molecule has 0 radical (unpaired) electrons. The maximum atomic E-state index is 10.4. The van der Waals surface area contributed by atoms with Crippen molar-refractivity contribution < 1.29 is 9.84 Å². The average Bonchev–Trinajstić information content (AvgIpc) is 2.98. The highest BCUT2D eigenvalue weighted by atomic mass is 35.5. The molecule has 2 saturated heterocycles. The van der Waals surface area contributed by atoms with Gasteiger partial charge in [-0.2, -0.15) is 11.8 Å². The maximum absolute atomic E-state index is 10.4. The maximum Gasteiger partial charge on any atom is 0.123 e. The lowest BCUT2D eigenvalue weighted by Crippen LogP contribution is -2.41. The summed E-state index contributed by atoms with van der Waals surface area (Å²) in [6.07, 6.45) is 4.09. The number of ether oxygens (including phenoxy) is 1. The van der Waals surface area contributed by atoms with Crippen LogP contribution in [0.25, 0.3) is 0 Å². The van der Waals surface area contributed by atoms with E-state index >= 15 is 0 Å². The molecule has 6 heteroatoms. The zero-order chi connectivity index (χ0) is 12.6. The fourth-order valence-corrected chi connectivity index (χ4v) is 5.19. The average molecular weight is 306 g/mol. The molecule has 1 aromatic heterocycles. The van der Waals surface area contributed by atoms with Gasteiger partial charge in [0.25, 0.3) is 0 Å². The second-order valence-corrected chi connectivity index (χ2v) is 7.83. The Morgan fingerprint density at radius 1 is 1.61 bits per heavy atom. The van der Waals surface area contributed by atoms with Crippen molar-refractivity contribution in [1.29, 1.82) is 0 Å². The minimum atomic E-state index is -0.492. The number of halogens is 1. The fourth-order valence-electron chi connectivity index (χ4n) is 2.80. The van der Waals surface area contributed by atoms with E-state index in [1.165, 1.54) is 17.1 Å². The molecule has 1 aromatic rings. The highest BCUT2D eigenvalue weighted by Gasteiger charge is 2.42. The molecule has 0 saturated carbocycles. The van der Waals surface area contributed by atoms with Gasteiger partial charge in [-0.25, -0.2) is 4.98 Å². The first-order valence-electron chi connectivity index (χ1n) is 6.20. The van der Waals surface area contributed by atoms with Gasteiger partial charge in [-0.3, -0.25) is 0 Å². The Labute approximate surface area is 120 Å². The van der Waals surface area contributed by atoms with Gasteiger partial charge in [0.1, 0.15) is 15.4 Å². The van der Waals surface area contributed by atoms with Crippen molar-refractivity contribution in [2.45, 2.75) is 31.0 Å². The van der Waals surface area contributed by atoms with Gasteiger partial charge in [0.05, 0.1) is 11.8 Å². The van der Waals surface area contributed by atoms with Gasteiger partial charge in [0.2, 0.25) is 0 Å². The normalized spacial score (nSPS) is 34.0. The van der Waals surface area contributed by atoms with Crippen molar-refractivity contribution >= 4 is 34.7 Å². The van der Waals surface area contributed by atoms with Gasteiger partial charge in [-0.15, -0.1) is 11.3 Å². The number of thioether (sulfide) groups is 1. The van der Waals surface area contributed by atoms with E-state index in [-0.39, 0.29) is 11.5 Å². The third kappa shape index (κ3) is 2.56. The second-order valence-electron chi connectivity index (χ2n) is 5.03. The second kappa shape index (κ2) is 5.29. The Morgan fingerprint density at radius 2 is 2.50 bits per heavy atom. The molecule has 3 nitrogen and oxygen atoms in total. The molecular formula is C12H16ClNO2S2. The molecule has 2 fully saturated rings. The molecule has 0 amide bonds. The smallest absolute Gasteiger partial charge is 0.123 e. The molecule has 3 rings (SSSR count). The quantitative estimate of drug-likeness (QED) is 0.911. The Balaban J connectivity index is 1.72. The number of aliphatic hydroxyl groups is 1. The first kappa shape index (κ1) is 13.2. The molecule has 0 aliphatic carbocycles. The van der Waals surface area contributed by atoms with Crippen molar-refractivity contribution in [3.05, 3.63) is 15.5 Å². The van der Waals surface area contributed by atoms with Crippen LogP contribution in [0.3, 0.4) is 0 Å². The Morgan fingerprint density at radius 3 is 3.17 bits per heavy atom. The van der Waals surface area contributed by atoms with Crippen LogP contribution in [0.4, 0.5) is 0 Å². The van der Waals surface area contributed by atoms with Crippen molar-refractivity contribution in [3.8, 4) is 0 Å². The lowest BCUT2D eigenvalue weighted by molar-refractivity contribution is -0.102. The summed E-state index contributed by atoms with van der Waals surface area (Å²) in [6, 6.07) is 0. The van der Waals surface area contributed by atoms with E-state index in [0.717, 1.165) is 36.6 Å². The zero-order valence-electron chi connectivity index (χ0n) is 9.97. The van der Waals surface area contributed by atoms with E-state index in [1.54, 1.807) is 6.20 Å². The van der Waals surface area contributed by atoms with Crippen LogP contribution in [0.2, 0.25) is 4.34 Å². The third-order valence-corrected chi connectivity index (χ3v) is 6.20. The number of hydrogen-bond acceptors (Lipinski definition) is 5. The molecule has 3 unspecified atom stereocenters. The van der Waals surface area contributed by atoms with Crippen LogP contribution in [0.1, 0.15) is 30.4 Å². The number of thiazole rings is 1. The largest absolute Gasteiger partial charge is 0.386 e. The summed E-state index contributed by atoms with van der Waals surface area (Å²) < 4.78 is 6.61. The zero-order valence-corrected chi connectivity index (χ0v) is 12.4. The molecule has 2 aliphatic rings. The van der Waals surface area contributed by atoms with Crippen molar-refractivity contribution in [2.75, 3.05) is 18.1 Å². The minimum Gasteiger partial charge on any atom is -0.386 e. The standard InChI is InChI=1S/C12H16ClNO2S2/c13-9-6-14-11(18-9)10(15)8-1-3-16-12(5-8)2-4-17-7-12/h6,8,10,15H,1-5,7H2. The highest BCUT2D eigenvalue weighted by molar-refractivity contribution is 7.99. The van der Waals surface area contributed by atoms with Gasteiger partial charge in [0.15, 0.2) is 0 Å². The van der Waals surface area contributed by atoms with Crippen LogP contribution >= 0.6 is 34.7 Å². The van der Waals surface area contributed by atoms with Gasteiger partial charge in [-0.05, 0) is 30.9 Å². The van der Waals surface area contributed by atoms with E-state index in [9.17, 15) is 5.11 Å². The molecule has 2 aliphatic heterocycles. The summed E-state index contributed by atoms with van der Waals surface area (Å²) in [6.45, 7) is 0.751. The number of rotatable bonds is 2. The van der Waals surface area contributed by atoms with Crippen LogP contribution in [0.15, 0.2) is 6.20 Å². The van der Waals surface area contributed by atoms with Crippen molar-refractivity contribution in [1.82, 2.24) is 4.98 Å². The molecule has 1 N–H and O–H groups in total. The third-order valence-electron chi connectivity index (χ3n) is 3.79. The van der Waals surface area contributed by atoms with Gasteiger partial charge < -0.3 is 9.84 Å². The molecule has 0 aromatic carbocycles. The first-order valence-corrected chi connectivity index (χ1v) is 8.54. The Bertz CT molecular complexity index is 420. The molecule has 100 valence electrons. The number of aromatic nitrogens is 1. The summed E-state index contributed by atoms with van der Waals surface area (Å²) in [5.41, 5.74) is 0.00954. The summed E-state index contributed by atoms with van der Waals surface area (Å²) in [4.78, 5) is 4.20. The topological polar surface area (TPSA) is 42.4 Å². The number of nitrogens with zero attached hydrogens (tertiary/aromatic N) is 1. The Kier molecular flexibility index (Phi) is 3.87. The summed E-state index contributed by atoms with van der Waals surface area (Å²) in [5.74, 6) is 2.49. The number of aliphatic hydroxyl groups excluding tert-OH is 1. The van der Waals surface area contributed by atoms with Crippen LogP contribution in [0, 0.1) is 5.92 Å². The lowest BCUT2D eigenvalue weighted by atomic mass is 9.82. The number of hydrogen-bond donors (Lipinski definition) is 1. The predicted octanol–water partition coefficient (Wildman–Crippen LogP) is 3.13. The van der Waals surface area contributed by atoms with Crippen LogP contribution in [-0.4, -0.2) is 33.8 Å². The monoisotopic (exact) mass is 305 g/mol. The molecule has 3 heterocycles. The van der Waals surface area contributed by atoms with E-state index in [4.69, 9.17) is 16.3 Å². The van der Waals surface area contributed by atoms with Gasteiger partial charge >= 0.3 is 0 Å². The predicted molar refractivity (Wildman–Crippen MR) is 75.4 cm³/mol. The van der Waals surface area contributed by atoms with Gasteiger partial charge in [-0.1, -0.05) is 11.6 Å². The van der Waals surface area contributed by atoms with Gasteiger partial charge in [0, 0.05) is 12.4 Å². The Hall–Kier alpha value is 0.190. The molecule has 0 bridgehead atoms. The lowest BCUT2D eigenvalue weighted by Gasteiger charge is -2.39. The molecule has 18 heavy (non-hydrogen) atoms. The fraction of sp³-hybridized carbons (Fsp3) is 0.750. The molecular weight excluding hydrogens is 290 g/mol. The van der Waals surface area contributed by atoms with E-state index in [0.29, 0.717) is 4.34 Å². The molecule has 1 spiro atoms. The highest BCUT2D eigenvalue weighted by Crippen LogP contribution is 2.44. The van der Waals surface area contributed by atoms with Crippen molar-refractivity contribution in [2.24, 2.45) is 5.92 Å². The van der Waals surface area contributed by atoms with E-state index in [1.807, 2.05) is 11.8 Å². The van der Waals surface area contributed by atoms with E-state index in [2.05, 4.69) is 4.98 Å². The summed E-state index contributed by atoms with van der Waals surface area (Å²) >= 11 is 9.21. The van der Waals surface area contributed by atoms with E-state index < -0.39 is 6.10 Å². The first-order chi connectivity index (χ1) is 8.69. The van der Waals surface area contributed by atoms with Crippen LogP contribution in [-0.2, 0) is 4.74 Å². The SMILES string of the molecule is OC(c1ncc(Cl)s1)C1CCOC2(CCSC2)C1. The molecule has 3 atom stereocenters. The summed E-state index contributed by atoms with van der Waals surface area (Å²) in [5, 5.41) is 11.2. The van der Waals surface area contributed by atoms with Crippen molar-refractivity contribution in [3.63, 3.8) is 0 Å². The van der Waals surface area contributed by atoms with Crippen LogP contribution < -0.4 is 0 Å². The summed E-state index contributed by atoms with van der Waals surface area (Å²) in [7, 11) is 0. The van der Waals surface area contributed by atoms with Crippen LogP contribution in [0.5, 0.6) is 0 Å². The minimum absolute atomic E-state index is 0.00954.